The van der Waals surface area contributed by atoms with Gasteiger partial charge in [-0.2, -0.15) is 0 Å². The van der Waals surface area contributed by atoms with Crippen LogP contribution in [0.4, 0.5) is 5.69 Å². The molecule has 0 unspecified atom stereocenters. The third-order valence-corrected chi connectivity index (χ3v) is 5.84. The summed E-state index contributed by atoms with van der Waals surface area (Å²) in [5.41, 5.74) is 2.47. The molecule has 2 aromatic carbocycles. The van der Waals surface area contributed by atoms with Crippen LogP contribution in [-0.4, -0.2) is 19.9 Å². The minimum absolute atomic E-state index is 0.246. The Morgan fingerprint density at radius 1 is 1.08 bits per heavy atom. The molecule has 0 N–H and O–H groups in total. The predicted molar refractivity (Wildman–Crippen MR) is 98.1 cm³/mol. The van der Waals surface area contributed by atoms with Gasteiger partial charge in [-0.1, -0.05) is 12.1 Å². The van der Waals surface area contributed by atoms with Gasteiger partial charge in [0.05, 0.1) is 16.8 Å². The van der Waals surface area contributed by atoms with Gasteiger partial charge in [0.15, 0.2) is 11.7 Å². The first-order valence-corrected chi connectivity index (χ1v) is 9.48. The lowest BCUT2D eigenvalue weighted by atomic mass is 10.2. The zero-order valence-corrected chi connectivity index (χ0v) is 15.2. The Morgan fingerprint density at radius 2 is 1.80 bits per heavy atom. The number of benzene rings is 2. The van der Waals surface area contributed by atoms with E-state index in [0.29, 0.717) is 23.9 Å². The lowest BCUT2D eigenvalue weighted by molar-refractivity contribution is 0.534. The fraction of sp³-hybridized carbons (Fsp3) is 0.211. The zero-order chi connectivity index (χ0) is 18.0. The highest BCUT2D eigenvalue weighted by Crippen LogP contribution is 2.27. The van der Waals surface area contributed by atoms with E-state index in [1.54, 1.807) is 43.5 Å². The molecule has 0 radical (unpaired) electrons. The average molecular weight is 356 g/mol. The topological polar surface area (TPSA) is 63.4 Å². The van der Waals surface area contributed by atoms with E-state index in [1.807, 2.05) is 32.0 Å². The van der Waals surface area contributed by atoms with Crippen molar-refractivity contribution in [3.63, 3.8) is 0 Å². The maximum atomic E-state index is 13.0. The Morgan fingerprint density at radius 3 is 2.36 bits per heavy atom. The summed E-state index contributed by atoms with van der Waals surface area (Å²) >= 11 is 0. The van der Waals surface area contributed by atoms with Gasteiger partial charge < -0.3 is 4.42 Å². The fourth-order valence-electron chi connectivity index (χ4n) is 2.69. The molecule has 0 aliphatic heterocycles. The predicted octanol–water partition coefficient (Wildman–Crippen LogP) is 4.17. The fourth-order valence-corrected chi connectivity index (χ4v) is 4.15. The molecule has 0 saturated carbocycles. The van der Waals surface area contributed by atoms with Gasteiger partial charge in [-0.25, -0.2) is 13.4 Å². The van der Waals surface area contributed by atoms with Gasteiger partial charge >= 0.3 is 0 Å². The summed E-state index contributed by atoms with van der Waals surface area (Å²) in [4.78, 5) is 4.31. The monoisotopic (exact) mass is 356 g/mol. The third-order valence-electron chi connectivity index (χ3n) is 3.92. The Bertz CT molecular complexity index is 976. The summed E-state index contributed by atoms with van der Waals surface area (Å²) in [6.45, 7) is 5.89. The number of hydrogen-bond acceptors (Lipinski definition) is 4. The van der Waals surface area contributed by atoms with E-state index in [2.05, 4.69) is 4.98 Å². The van der Waals surface area contributed by atoms with E-state index in [1.165, 1.54) is 4.31 Å². The SMILES string of the molecule is CCN(c1cccc(C)c1)S(=O)(=O)c1ccc(-c2cnc(C)o2)cc1. The van der Waals surface area contributed by atoms with E-state index >= 15 is 0 Å². The molecule has 0 spiro atoms. The summed E-state index contributed by atoms with van der Waals surface area (Å²) in [5.74, 6) is 1.19. The van der Waals surface area contributed by atoms with Crippen molar-refractivity contribution in [3.8, 4) is 11.3 Å². The number of hydrogen-bond donors (Lipinski definition) is 0. The van der Waals surface area contributed by atoms with Crippen molar-refractivity contribution in [1.29, 1.82) is 0 Å². The minimum Gasteiger partial charge on any atom is -0.441 e. The van der Waals surface area contributed by atoms with E-state index < -0.39 is 10.0 Å². The smallest absolute Gasteiger partial charge is 0.264 e. The van der Waals surface area contributed by atoms with Gasteiger partial charge in [0.25, 0.3) is 10.0 Å². The number of nitrogens with zero attached hydrogens (tertiary/aromatic N) is 2. The summed E-state index contributed by atoms with van der Waals surface area (Å²) in [6, 6.07) is 14.1. The molecule has 6 heteroatoms. The molecular formula is C19H20N2O3S. The second-order valence-electron chi connectivity index (χ2n) is 5.78. The summed E-state index contributed by atoms with van der Waals surface area (Å²) in [6.07, 6.45) is 1.63. The van der Waals surface area contributed by atoms with Crippen LogP contribution in [0.5, 0.6) is 0 Å². The number of oxazole rings is 1. The van der Waals surface area contributed by atoms with Crippen LogP contribution < -0.4 is 4.31 Å². The summed E-state index contributed by atoms with van der Waals surface area (Å²) < 4.78 is 32.9. The molecule has 0 aliphatic rings. The lowest BCUT2D eigenvalue weighted by Crippen LogP contribution is -2.30. The summed E-state index contributed by atoms with van der Waals surface area (Å²) in [7, 11) is -3.63. The molecule has 0 aliphatic carbocycles. The van der Waals surface area contributed by atoms with Gasteiger partial charge in [-0.15, -0.1) is 0 Å². The first kappa shape index (κ1) is 17.2. The molecule has 3 rings (SSSR count). The van der Waals surface area contributed by atoms with Crippen LogP contribution in [0.15, 0.2) is 64.0 Å². The van der Waals surface area contributed by atoms with Gasteiger partial charge in [-0.3, -0.25) is 4.31 Å². The van der Waals surface area contributed by atoms with Gasteiger partial charge in [-0.05, 0) is 55.8 Å². The number of sulfonamides is 1. The van der Waals surface area contributed by atoms with Gasteiger partial charge in [0.1, 0.15) is 0 Å². The Labute approximate surface area is 148 Å². The van der Waals surface area contributed by atoms with E-state index in [-0.39, 0.29) is 4.90 Å². The standard InChI is InChI=1S/C19H20N2O3S/c1-4-21(17-7-5-6-14(2)12-17)25(22,23)18-10-8-16(9-11-18)19-13-20-15(3)24-19/h5-13H,4H2,1-3H3. The number of anilines is 1. The second kappa shape index (κ2) is 6.72. The molecule has 1 aromatic heterocycles. The van der Waals surface area contributed by atoms with E-state index in [0.717, 1.165) is 11.1 Å². The number of aromatic nitrogens is 1. The highest BCUT2D eigenvalue weighted by Gasteiger charge is 2.23. The van der Waals surface area contributed by atoms with Crippen LogP contribution in [0.3, 0.4) is 0 Å². The normalized spacial score (nSPS) is 11.5. The molecule has 0 bridgehead atoms. The van der Waals surface area contributed by atoms with Crippen molar-refractivity contribution < 1.29 is 12.8 Å². The molecule has 5 nitrogen and oxygen atoms in total. The summed E-state index contributed by atoms with van der Waals surface area (Å²) in [5, 5.41) is 0. The molecule has 0 amide bonds. The third kappa shape index (κ3) is 3.44. The average Bonchev–Trinajstić information content (AvgIpc) is 3.02. The zero-order valence-electron chi connectivity index (χ0n) is 14.4. The molecule has 3 aromatic rings. The second-order valence-corrected chi connectivity index (χ2v) is 7.64. The molecule has 0 saturated heterocycles. The van der Waals surface area contributed by atoms with Crippen LogP contribution in [0.25, 0.3) is 11.3 Å². The van der Waals surface area contributed by atoms with Crippen molar-refractivity contribution >= 4 is 15.7 Å². The van der Waals surface area contributed by atoms with Crippen LogP contribution >= 0.6 is 0 Å². The Hall–Kier alpha value is -2.60. The van der Waals surface area contributed by atoms with Crippen LogP contribution in [-0.2, 0) is 10.0 Å². The Balaban J connectivity index is 1.96. The maximum Gasteiger partial charge on any atom is 0.264 e. The molecule has 1 heterocycles. The molecule has 0 atom stereocenters. The van der Waals surface area contributed by atoms with Crippen molar-refractivity contribution in [2.45, 2.75) is 25.7 Å². The van der Waals surface area contributed by atoms with E-state index in [4.69, 9.17) is 4.42 Å². The number of aryl methyl sites for hydroxylation is 2. The van der Waals surface area contributed by atoms with Gasteiger partial charge in [0, 0.05) is 19.0 Å². The highest BCUT2D eigenvalue weighted by molar-refractivity contribution is 7.92. The number of rotatable bonds is 5. The minimum atomic E-state index is -3.63. The lowest BCUT2D eigenvalue weighted by Gasteiger charge is -2.23. The molecule has 0 fully saturated rings. The molecular weight excluding hydrogens is 336 g/mol. The first-order chi connectivity index (χ1) is 11.9. The van der Waals surface area contributed by atoms with E-state index in [9.17, 15) is 8.42 Å². The van der Waals surface area contributed by atoms with Crippen molar-refractivity contribution in [2.24, 2.45) is 0 Å². The van der Waals surface area contributed by atoms with Crippen LogP contribution in [0.1, 0.15) is 18.4 Å². The first-order valence-electron chi connectivity index (χ1n) is 8.04. The highest BCUT2D eigenvalue weighted by atomic mass is 32.2. The Kier molecular flexibility index (Phi) is 4.63. The van der Waals surface area contributed by atoms with Gasteiger partial charge in [0.2, 0.25) is 0 Å². The van der Waals surface area contributed by atoms with Crippen LogP contribution in [0, 0.1) is 13.8 Å². The molecule has 130 valence electrons. The van der Waals surface area contributed by atoms with Crippen LogP contribution in [0.2, 0.25) is 0 Å². The van der Waals surface area contributed by atoms with Crippen molar-refractivity contribution in [1.82, 2.24) is 4.98 Å². The van der Waals surface area contributed by atoms with Crippen molar-refractivity contribution in [3.05, 3.63) is 66.2 Å². The quantitative estimate of drug-likeness (QED) is 0.688. The largest absolute Gasteiger partial charge is 0.441 e. The molecule has 25 heavy (non-hydrogen) atoms. The maximum absolute atomic E-state index is 13.0. The van der Waals surface area contributed by atoms with Crippen molar-refractivity contribution in [2.75, 3.05) is 10.8 Å².